The molecule has 0 aromatic heterocycles. The monoisotopic (exact) mass is 1450 g/mol. The molecule has 1 aliphatic rings. The van der Waals surface area contributed by atoms with E-state index in [1.807, 2.05) is 27.7 Å². The molecule has 0 saturated carbocycles. The van der Waals surface area contributed by atoms with Gasteiger partial charge in [0.05, 0.1) is 48.2 Å². The second-order valence-corrected chi connectivity index (χ2v) is 29.2. The predicted molar refractivity (Wildman–Crippen MR) is 399 cm³/mol. The number of amides is 8. The van der Waals surface area contributed by atoms with Crippen molar-refractivity contribution in [3.05, 3.63) is 35.9 Å². The van der Waals surface area contributed by atoms with Crippen molar-refractivity contribution < 1.29 is 72.5 Å². The number of aliphatic hydroxyl groups is 2. The molecule has 1 aromatic carbocycles. The molecule has 24 nitrogen and oxygen atoms in total. The molecule has 13 atom stereocenters. The Morgan fingerprint density at radius 2 is 1.07 bits per heavy atom. The third-order valence-electron chi connectivity index (χ3n) is 19.4. The number of carbonyl (C=O) groups is 13. The molecule has 103 heavy (non-hydrogen) atoms. The van der Waals surface area contributed by atoms with Gasteiger partial charge in [0.1, 0.15) is 17.9 Å². The number of ketones is 5. The summed E-state index contributed by atoms with van der Waals surface area (Å²) in [5.74, 6) is -13.0. The van der Waals surface area contributed by atoms with Crippen LogP contribution in [0.25, 0.3) is 0 Å². The van der Waals surface area contributed by atoms with Gasteiger partial charge in [-0.25, -0.2) is 0 Å². The van der Waals surface area contributed by atoms with E-state index in [0.717, 1.165) is 51.4 Å². The largest absolute Gasteiger partial charge is 0.393 e. The van der Waals surface area contributed by atoms with E-state index in [0.29, 0.717) is 89.3 Å². The standard InChI is InChI=1S/C79H133N9O15/c1-11-17-18-19-20-26-38-56(47-59(91)39-27-23-30-43-81-72(96)40-28-22-29-42-80)73(97)84-64(33-14-4)71(95)51-61(54(10)90)77(101)85-63(32-13-3)68(92)48-57-41-44-82-76(100)60(53(9)89)50-70(94)65(34-15-5)86-78(102)66(35-16-6)87-79(103)67(45-52(7)8)88-75(99)58(46-55-36-24-21-25-37-55)49-69(93)62(31-12-2)83-74(57)98/h21,24-25,36-37,52-54,56-58,60-67,89-90H,11-20,22-23,26-35,38-51,80H2,1-10H3,(H,81,96)(H,82,100)(H,83,98)(H,84,97)(H,85,101)(H,86,102)(H,87,103)(H,88,99)/t53-,54-,56-,57-,58+,60+,61+,62+,63+,64+,65+,66+,67+/m1/s1. The van der Waals surface area contributed by atoms with Gasteiger partial charge in [-0.15, -0.1) is 0 Å². The third kappa shape index (κ3) is 37.2. The Morgan fingerprint density at radius 1 is 0.534 bits per heavy atom. The predicted octanol–water partition coefficient (Wildman–Crippen LogP) is 8.29. The number of rotatable bonds is 46. The van der Waals surface area contributed by atoms with Crippen LogP contribution in [-0.2, 0) is 68.7 Å². The summed E-state index contributed by atoms with van der Waals surface area (Å²) in [6, 6.07) is 2.04. The minimum atomic E-state index is -1.42. The smallest absolute Gasteiger partial charge is 0.243 e. The minimum absolute atomic E-state index is 0.0107. The third-order valence-corrected chi connectivity index (χ3v) is 19.4. The lowest BCUT2D eigenvalue weighted by Gasteiger charge is -2.28. The first kappa shape index (κ1) is 92.3. The first-order valence-electron chi connectivity index (χ1n) is 39.3. The summed E-state index contributed by atoms with van der Waals surface area (Å²) in [5.41, 5.74) is 6.27. The quantitative estimate of drug-likeness (QED) is 0.0273. The van der Waals surface area contributed by atoms with Gasteiger partial charge in [0.2, 0.25) is 47.3 Å². The number of nitrogens with one attached hydrogen (secondary N) is 8. The number of Topliss-reactive ketones (excluding diaryl/α,β-unsaturated/α-hetero) is 5. The van der Waals surface area contributed by atoms with Crippen LogP contribution in [0.15, 0.2) is 30.3 Å². The van der Waals surface area contributed by atoms with E-state index in [1.54, 1.807) is 51.1 Å². The van der Waals surface area contributed by atoms with Gasteiger partial charge < -0.3 is 58.5 Å². The first-order valence-corrected chi connectivity index (χ1v) is 39.3. The lowest BCUT2D eigenvalue weighted by molar-refractivity contribution is -0.138. The Kier molecular flexibility index (Phi) is 47.5. The number of nitrogens with two attached hydrogens (primary N) is 1. The highest BCUT2D eigenvalue weighted by Gasteiger charge is 2.39. The van der Waals surface area contributed by atoms with Crippen molar-refractivity contribution in [3.63, 3.8) is 0 Å². The Bertz CT molecular complexity index is 2760. The first-order chi connectivity index (χ1) is 49.2. The van der Waals surface area contributed by atoms with Gasteiger partial charge in [-0.05, 0) is 115 Å². The van der Waals surface area contributed by atoms with E-state index in [-0.39, 0.29) is 94.8 Å². The van der Waals surface area contributed by atoms with Gasteiger partial charge in [-0.3, -0.25) is 62.3 Å². The summed E-state index contributed by atoms with van der Waals surface area (Å²) in [5, 5.41) is 44.9. The molecule has 1 heterocycles. The zero-order valence-corrected chi connectivity index (χ0v) is 64.2. The Balaban J connectivity index is 2.58. The van der Waals surface area contributed by atoms with Gasteiger partial charge in [-0.1, -0.05) is 169 Å². The molecule has 1 fully saturated rings. The maximum absolute atomic E-state index is 14.9. The van der Waals surface area contributed by atoms with Gasteiger partial charge in [0, 0.05) is 75.8 Å². The molecule has 24 heteroatoms. The maximum Gasteiger partial charge on any atom is 0.243 e. The molecule has 1 aliphatic heterocycles. The summed E-state index contributed by atoms with van der Waals surface area (Å²) in [6.45, 7) is 18.4. The average molecular weight is 1450 g/mol. The summed E-state index contributed by atoms with van der Waals surface area (Å²) in [4.78, 5) is 185. The van der Waals surface area contributed by atoms with Crippen molar-refractivity contribution in [1.82, 2.24) is 42.5 Å². The number of unbranched alkanes of at least 4 members (excludes halogenated alkanes) is 9. The topological polar surface area (TPSA) is 385 Å². The van der Waals surface area contributed by atoms with Gasteiger partial charge in [0.15, 0.2) is 23.1 Å². The molecule has 0 radical (unpaired) electrons. The van der Waals surface area contributed by atoms with E-state index in [1.165, 1.54) is 13.8 Å². The maximum atomic E-state index is 14.9. The van der Waals surface area contributed by atoms with Gasteiger partial charge >= 0.3 is 0 Å². The van der Waals surface area contributed by atoms with E-state index in [4.69, 9.17) is 5.73 Å². The summed E-state index contributed by atoms with van der Waals surface area (Å²) in [6.07, 6.45) is 9.45. The van der Waals surface area contributed by atoms with Gasteiger partial charge in [-0.2, -0.15) is 0 Å². The highest BCUT2D eigenvalue weighted by atomic mass is 16.3. The number of carbonyl (C=O) groups excluding carboxylic acids is 13. The fourth-order valence-electron chi connectivity index (χ4n) is 13.2. The van der Waals surface area contributed by atoms with Crippen LogP contribution in [0.1, 0.15) is 280 Å². The fourth-order valence-corrected chi connectivity index (χ4v) is 13.2. The second-order valence-electron chi connectivity index (χ2n) is 29.2. The highest BCUT2D eigenvalue weighted by molar-refractivity contribution is 5.99. The molecule has 1 saturated heterocycles. The molecular formula is C79H133N9O15. The molecule has 0 unspecified atom stereocenters. The lowest BCUT2D eigenvalue weighted by atomic mass is 9.88. The van der Waals surface area contributed by atoms with Crippen molar-refractivity contribution >= 4 is 76.2 Å². The van der Waals surface area contributed by atoms with E-state index in [2.05, 4.69) is 49.5 Å². The summed E-state index contributed by atoms with van der Waals surface area (Å²) in [7, 11) is 0. The number of benzene rings is 1. The molecular weight excluding hydrogens is 1310 g/mol. The summed E-state index contributed by atoms with van der Waals surface area (Å²) >= 11 is 0. The Hall–Kier alpha value is -6.79. The lowest BCUT2D eigenvalue weighted by Crippen LogP contribution is -2.56. The molecule has 0 aliphatic carbocycles. The molecule has 0 bridgehead atoms. The van der Waals surface area contributed by atoms with E-state index in [9.17, 15) is 72.5 Å². The highest BCUT2D eigenvalue weighted by Crippen LogP contribution is 2.24. The molecule has 584 valence electrons. The fraction of sp³-hybridized carbons (Fsp3) is 0.759. The van der Waals surface area contributed by atoms with Crippen molar-refractivity contribution in [1.29, 1.82) is 0 Å². The number of hydrogen-bond acceptors (Lipinski definition) is 16. The van der Waals surface area contributed by atoms with Gasteiger partial charge in [0.25, 0.3) is 0 Å². The van der Waals surface area contributed by atoms with Crippen LogP contribution in [0, 0.1) is 35.5 Å². The SMILES string of the molecule is CCCCCCCC[C@H](CC(=O)CCCCCNC(=O)CCCCCN)C(=O)N[C@@H](CCC)C(=O)C[C@H](C(=O)N[C@@H](CCC)C(=O)C[C@H]1CCNC(=O)[C@H]([C@@H](C)O)CC(=O)[C@H](CCC)NC(=O)[C@H](CCC)NC(=O)[C@H](CC(C)C)NC(=O)[C@@H](Cc2ccccc2)CC(=O)[C@H](CCC)NC1=O)[C@@H](C)O. The van der Waals surface area contributed by atoms with Crippen LogP contribution in [0.3, 0.4) is 0 Å². The molecule has 2 rings (SSSR count). The average Bonchev–Trinajstić information content (AvgIpc) is 1.11. The molecule has 8 amide bonds. The zero-order chi connectivity index (χ0) is 76.8. The second kappa shape index (κ2) is 53.1. The number of hydrogen-bond donors (Lipinski definition) is 11. The van der Waals surface area contributed by atoms with Crippen molar-refractivity contribution in [3.8, 4) is 0 Å². The van der Waals surface area contributed by atoms with Crippen LogP contribution in [0.5, 0.6) is 0 Å². The van der Waals surface area contributed by atoms with Crippen molar-refractivity contribution in [2.24, 2.45) is 41.2 Å². The van der Waals surface area contributed by atoms with Crippen molar-refractivity contribution in [2.45, 2.75) is 330 Å². The van der Waals surface area contributed by atoms with E-state index < -0.39 is 162 Å². The van der Waals surface area contributed by atoms with Crippen LogP contribution in [0.2, 0.25) is 0 Å². The minimum Gasteiger partial charge on any atom is -0.393 e. The normalized spacial score (nSPS) is 21.1. The van der Waals surface area contributed by atoms with Crippen LogP contribution in [-0.4, -0.2) is 154 Å². The molecule has 12 N–H and O–H groups in total. The Labute approximate surface area is 614 Å². The van der Waals surface area contributed by atoms with Crippen LogP contribution in [0.4, 0.5) is 0 Å². The van der Waals surface area contributed by atoms with Crippen LogP contribution >= 0.6 is 0 Å². The van der Waals surface area contributed by atoms with Crippen LogP contribution < -0.4 is 48.3 Å². The molecule has 1 aromatic rings. The zero-order valence-electron chi connectivity index (χ0n) is 64.2. The van der Waals surface area contributed by atoms with E-state index >= 15 is 0 Å². The van der Waals surface area contributed by atoms with Crippen molar-refractivity contribution in [2.75, 3.05) is 19.6 Å². The summed E-state index contributed by atoms with van der Waals surface area (Å²) < 4.78 is 0. The molecule has 0 spiro atoms. The Morgan fingerprint density at radius 3 is 1.67 bits per heavy atom. The number of aliphatic hydroxyl groups excluding tert-OH is 2.